The van der Waals surface area contributed by atoms with Gasteiger partial charge in [-0.25, -0.2) is 23.1 Å². The van der Waals surface area contributed by atoms with Gasteiger partial charge < -0.3 is 5.32 Å². The number of aryl methyl sites for hydroxylation is 1. The van der Waals surface area contributed by atoms with Crippen LogP contribution in [0.15, 0.2) is 42.7 Å². The molecule has 1 aromatic carbocycles. The summed E-state index contributed by atoms with van der Waals surface area (Å²) in [7, 11) is 3.39. The molecule has 9 nitrogen and oxygen atoms in total. The largest absolute Gasteiger partial charge is 0.309 e. The molecule has 1 aliphatic carbocycles. The maximum atomic E-state index is 13.1. The minimum absolute atomic E-state index is 0.0599. The van der Waals surface area contributed by atoms with E-state index < -0.39 is 11.8 Å². The van der Waals surface area contributed by atoms with Crippen molar-refractivity contribution in [3.8, 4) is 0 Å². The van der Waals surface area contributed by atoms with Crippen molar-refractivity contribution in [3.63, 3.8) is 0 Å². The number of likely N-dealkylation sites (N-methyl/N-ethyl adjacent to an activating group) is 2. The van der Waals surface area contributed by atoms with E-state index in [4.69, 9.17) is 0 Å². The molecule has 3 aromatic rings. The first-order valence-electron chi connectivity index (χ1n) is 10.6. The number of aromatic nitrogens is 5. The number of amides is 1. The van der Waals surface area contributed by atoms with E-state index >= 15 is 0 Å². The summed E-state index contributed by atoms with van der Waals surface area (Å²) in [6, 6.07) is 11.3. The normalized spacial score (nSPS) is 21.0. The summed E-state index contributed by atoms with van der Waals surface area (Å²) in [6.45, 7) is 1.19. The number of rotatable bonds is 5. The smallest absolute Gasteiger partial charge is 0.257 e. The molecule has 2 aromatic heterocycles. The van der Waals surface area contributed by atoms with E-state index in [-0.39, 0.29) is 24.2 Å². The number of carbonyl (C=O) groups is 2. The van der Waals surface area contributed by atoms with E-state index in [1.165, 1.54) is 4.90 Å². The molecule has 33 heavy (non-hydrogen) atoms. The van der Waals surface area contributed by atoms with Crippen molar-refractivity contribution < 1.29 is 18.4 Å². The molecule has 2 unspecified atom stereocenters. The summed E-state index contributed by atoms with van der Waals surface area (Å²) in [4.78, 5) is 27.8. The summed E-state index contributed by atoms with van der Waals surface area (Å²) < 4.78 is 29.4. The first-order valence-corrected chi connectivity index (χ1v) is 10.6. The Bertz CT molecular complexity index is 1130. The van der Waals surface area contributed by atoms with Gasteiger partial charge in [-0.1, -0.05) is 30.3 Å². The number of alkyl halides is 2. The lowest BCUT2D eigenvalue weighted by atomic mass is 10.2. The first-order chi connectivity index (χ1) is 15.8. The maximum absolute atomic E-state index is 13.1. The molecule has 1 saturated carbocycles. The highest BCUT2D eigenvalue weighted by atomic mass is 19.3. The highest BCUT2D eigenvalue weighted by Crippen LogP contribution is 2.55. The molecule has 2 atom stereocenters. The molecule has 0 radical (unpaired) electrons. The molecule has 1 N–H and O–H groups in total. The van der Waals surface area contributed by atoms with Crippen molar-refractivity contribution in [2.75, 3.05) is 19.0 Å². The van der Waals surface area contributed by atoms with Gasteiger partial charge in [-0.05, 0) is 19.0 Å². The summed E-state index contributed by atoms with van der Waals surface area (Å²) in [5.74, 6) is -2.65. The first kappa shape index (κ1) is 22.7. The van der Waals surface area contributed by atoms with Crippen LogP contribution in [0.3, 0.4) is 0 Å². The summed E-state index contributed by atoms with van der Waals surface area (Å²) in [5.41, 5.74) is 1.53. The number of hydrogen-bond donors (Lipinski definition) is 1. The van der Waals surface area contributed by atoms with Gasteiger partial charge in [0.1, 0.15) is 12.1 Å². The third-order valence-electron chi connectivity index (χ3n) is 5.76. The van der Waals surface area contributed by atoms with Crippen LogP contribution in [0.2, 0.25) is 0 Å². The van der Waals surface area contributed by atoms with Crippen molar-refractivity contribution in [2.24, 2.45) is 0 Å². The summed E-state index contributed by atoms with van der Waals surface area (Å²) in [5, 5.41) is 11.2. The molecular formula is C22H25F2N7O2. The monoisotopic (exact) mass is 457 g/mol. The number of carbonyl (C=O) groups excluding carboxylic acids is 2. The van der Waals surface area contributed by atoms with Crippen LogP contribution >= 0.6 is 0 Å². The number of nitrogens with one attached hydrogen (secondary N) is 1. The molecule has 5 rings (SSSR count). The van der Waals surface area contributed by atoms with Crippen LogP contribution < -0.4 is 10.2 Å². The molecule has 1 aliphatic heterocycles. The lowest BCUT2D eigenvalue weighted by molar-refractivity contribution is -0.120. The highest BCUT2D eigenvalue weighted by Gasteiger charge is 2.59. The molecule has 0 spiro atoms. The second-order valence-electron chi connectivity index (χ2n) is 8.10. The van der Waals surface area contributed by atoms with E-state index in [1.807, 2.05) is 30.3 Å². The number of anilines is 1. The van der Waals surface area contributed by atoms with Gasteiger partial charge in [0.25, 0.3) is 5.92 Å². The number of hydrogen-bond acceptors (Lipinski definition) is 6. The fourth-order valence-electron chi connectivity index (χ4n) is 3.76. The van der Waals surface area contributed by atoms with E-state index in [9.17, 15) is 18.4 Å². The number of benzene rings is 1. The zero-order valence-corrected chi connectivity index (χ0v) is 18.4. The number of fused-ring (bicyclic) bond motifs is 1. The molecule has 1 fully saturated rings. The van der Waals surface area contributed by atoms with Crippen molar-refractivity contribution in [1.29, 1.82) is 0 Å². The van der Waals surface area contributed by atoms with Gasteiger partial charge in [0, 0.05) is 26.1 Å². The zero-order chi connectivity index (χ0) is 23.6. The molecular weight excluding hydrogens is 432 g/mol. The van der Waals surface area contributed by atoms with Crippen LogP contribution in [0, 0.1) is 0 Å². The number of nitrogens with zero attached hydrogens (tertiary/aromatic N) is 6. The Labute approximate surface area is 189 Å². The van der Waals surface area contributed by atoms with Crippen LogP contribution in [0.1, 0.15) is 40.6 Å². The fourth-order valence-corrected chi connectivity index (χ4v) is 3.76. The maximum Gasteiger partial charge on any atom is 0.257 e. The number of aldehydes is 1. The zero-order valence-electron chi connectivity index (χ0n) is 18.4. The van der Waals surface area contributed by atoms with Crippen LogP contribution in [-0.2, 0) is 17.9 Å². The van der Waals surface area contributed by atoms with E-state index in [0.717, 1.165) is 5.56 Å². The lowest BCUT2D eigenvalue weighted by Gasteiger charge is -2.18. The van der Waals surface area contributed by atoms with E-state index in [2.05, 4.69) is 20.5 Å². The second kappa shape index (κ2) is 9.18. The van der Waals surface area contributed by atoms with Crippen molar-refractivity contribution in [1.82, 2.24) is 29.9 Å². The predicted octanol–water partition coefficient (Wildman–Crippen LogP) is 2.10. The fraction of sp³-hybridized carbons (Fsp3) is 0.409. The number of halogens is 2. The third kappa shape index (κ3) is 4.98. The molecule has 0 bridgehead atoms. The van der Waals surface area contributed by atoms with Gasteiger partial charge in [0.2, 0.25) is 11.7 Å². The van der Waals surface area contributed by atoms with Gasteiger partial charge in [0.15, 0.2) is 6.29 Å². The molecule has 174 valence electrons. The minimum atomic E-state index is -2.63. The van der Waals surface area contributed by atoms with Crippen molar-refractivity contribution in [3.05, 3.63) is 59.8 Å². The van der Waals surface area contributed by atoms with Gasteiger partial charge in [-0.3, -0.25) is 14.5 Å². The van der Waals surface area contributed by atoms with Crippen LogP contribution in [-0.4, -0.2) is 62.8 Å². The average Bonchev–Trinajstić information content (AvgIpc) is 3.15. The molecule has 3 heterocycles. The van der Waals surface area contributed by atoms with E-state index in [1.54, 1.807) is 35.9 Å². The summed E-state index contributed by atoms with van der Waals surface area (Å²) >= 11 is 0. The average molecular weight is 457 g/mol. The summed E-state index contributed by atoms with van der Waals surface area (Å²) in [6.07, 6.45) is 2.66. The molecule has 2 aliphatic rings. The Morgan fingerprint density at radius 2 is 1.97 bits per heavy atom. The molecule has 1 amide bonds. The minimum Gasteiger partial charge on any atom is -0.309 e. The van der Waals surface area contributed by atoms with Gasteiger partial charge in [-0.15, -0.1) is 5.10 Å². The molecule has 11 heteroatoms. The standard InChI is InChI=1S/C12H16F2N4O.C10H9N3O/c1-15-8-3-4-18-10(17(2)11(8)19)5-9(16-18)7-6-12(7,13)14;14-7-10-11-8-13(12-10)6-9-4-2-1-3-5-9/h5,7-8,15H,3-4,6H2,1-2H3;1-5,7-8H,6H2. The quantitative estimate of drug-likeness (QED) is 0.590. The Hall–Kier alpha value is -3.47. The Morgan fingerprint density at radius 1 is 1.24 bits per heavy atom. The highest BCUT2D eigenvalue weighted by molar-refractivity contribution is 5.96. The van der Waals surface area contributed by atoms with Crippen molar-refractivity contribution >= 4 is 18.0 Å². The third-order valence-corrected chi connectivity index (χ3v) is 5.76. The SMILES string of the molecule is CNC1CCn2nc(C3CC3(F)F)cc2N(C)C1=O.O=Cc1ncn(Cc2ccccc2)n1. The predicted molar refractivity (Wildman–Crippen MR) is 116 cm³/mol. The Kier molecular flexibility index (Phi) is 6.32. The lowest BCUT2D eigenvalue weighted by Crippen LogP contribution is -2.42. The Morgan fingerprint density at radius 3 is 2.58 bits per heavy atom. The molecule has 0 saturated heterocycles. The van der Waals surface area contributed by atoms with E-state index in [0.29, 0.717) is 37.3 Å². The second-order valence-corrected chi connectivity index (χ2v) is 8.10. The Balaban J connectivity index is 0.000000165. The van der Waals surface area contributed by atoms with Crippen LogP contribution in [0.4, 0.5) is 14.6 Å². The topological polar surface area (TPSA) is 97.9 Å². The van der Waals surface area contributed by atoms with Crippen LogP contribution in [0.25, 0.3) is 0 Å². The van der Waals surface area contributed by atoms with Crippen molar-refractivity contribution in [2.45, 2.75) is 43.8 Å². The van der Waals surface area contributed by atoms with Gasteiger partial charge in [-0.2, -0.15) is 5.10 Å². The van der Waals surface area contributed by atoms with Gasteiger partial charge in [0.05, 0.1) is 24.2 Å². The van der Waals surface area contributed by atoms with Crippen LogP contribution in [0.5, 0.6) is 0 Å². The van der Waals surface area contributed by atoms with Gasteiger partial charge >= 0.3 is 0 Å².